The second kappa shape index (κ2) is 6.13. The number of halogens is 2. The first kappa shape index (κ1) is 15.1. The lowest BCUT2D eigenvalue weighted by Gasteiger charge is -2.04. The number of aromatic nitrogens is 3. The van der Waals surface area contributed by atoms with Crippen molar-refractivity contribution in [3.05, 3.63) is 69.5 Å². The largest absolute Gasteiger partial charge is 0.442 e. The van der Waals surface area contributed by atoms with Crippen LogP contribution >= 0.6 is 11.6 Å². The van der Waals surface area contributed by atoms with Crippen LogP contribution in [0.3, 0.4) is 0 Å². The van der Waals surface area contributed by atoms with E-state index in [1.807, 2.05) is 0 Å². The molecule has 0 saturated heterocycles. The molecule has 2 aromatic heterocycles. The number of hydrogen-bond acceptors (Lipinski definition) is 5. The molecule has 1 aromatic carbocycles. The van der Waals surface area contributed by atoms with Crippen molar-refractivity contribution >= 4 is 17.4 Å². The Morgan fingerprint density at radius 3 is 2.83 bits per heavy atom. The molecular formula is C15H9ClFN3O3. The number of Topliss-reactive ketones (excluding diaryl/α,β-unsaturated/α-hetero) is 1. The predicted octanol–water partition coefficient (Wildman–Crippen LogP) is 2.57. The number of benzene rings is 1. The number of carbonyl (C=O) groups excluding carboxylic acids is 1. The van der Waals surface area contributed by atoms with Gasteiger partial charge in [0, 0.05) is 11.8 Å². The fraction of sp³-hybridized carbons (Fsp3) is 0.0667. The number of ketones is 1. The van der Waals surface area contributed by atoms with E-state index in [4.69, 9.17) is 11.6 Å². The van der Waals surface area contributed by atoms with Gasteiger partial charge in [0.2, 0.25) is 5.82 Å². The molecule has 23 heavy (non-hydrogen) atoms. The van der Waals surface area contributed by atoms with Crippen molar-refractivity contribution < 1.29 is 13.7 Å². The first-order valence-corrected chi connectivity index (χ1v) is 6.90. The summed E-state index contributed by atoms with van der Waals surface area (Å²) in [5, 5.41) is 3.47. The van der Waals surface area contributed by atoms with Gasteiger partial charge < -0.3 is 0 Å². The van der Waals surface area contributed by atoms with E-state index in [0.717, 1.165) is 10.6 Å². The highest BCUT2D eigenvalue weighted by atomic mass is 35.5. The fourth-order valence-corrected chi connectivity index (χ4v) is 2.17. The number of hydrogen-bond donors (Lipinski definition) is 0. The smallest absolute Gasteiger partial charge is 0.295 e. The minimum atomic E-state index is -0.785. The van der Waals surface area contributed by atoms with Gasteiger partial charge >= 0.3 is 5.76 Å². The zero-order valence-electron chi connectivity index (χ0n) is 11.6. The van der Waals surface area contributed by atoms with Crippen molar-refractivity contribution in [1.82, 2.24) is 14.7 Å². The minimum absolute atomic E-state index is 0.136. The SMILES string of the molecule is O=C(Cn1c(-c2ccccn2)noc1=O)c1ccc(F)c(Cl)c1. The summed E-state index contributed by atoms with van der Waals surface area (Å²) in [6.45, 7) is -0.323. The third-order valence-electron chi connectivity index (χ3n) is 3.12. The Morgan fingerprint density at radius 2 is 2.13 bits per heavy atom. The van der Waals surface area contributed by atoms with Gasteiger partial charge in [-0.1, -0.05) is 22.8 Å². The standard InChI is InChI=1S/C15H9ClFN3O3/c16-10-7-9(4-5-11(10)17)13(21)8-20-14(19-23-15(20)22)12-3-1-2-6-18-12/h1-7H,8H2. The van der Waals surface area contributed by atoms with E-state index in [0.29, 0.717) is 5.69 Å². The predicted molar refractivity (Wildman–Crippen MR) is 79.7 cm³/mol. The monoisotopic (exact) mass is 333 g/mol. The zero-order chi connectivity index (χ0) is 16.4. The Labute approximate surface area is 134 Å². The van der Waals surface area contributed by atoms with E-state index < -0.39 is 17.4 Å². The van der Waals surface area contributed by atoms with E-state index >= 15 is 0 Å². The van der Waals surface area contributed by atoms with Gasteiger partial charge in [-0.15, -0.1) is 0 Å². The van der Waals surface area contributed by atoms with E-state index in [9.17, 15) is 14.0 Å². The Morgan fingerprint density at radius 1 is 1.30 bits per heavy atom. The van der Waals surface area contributed by atoms with Crippen LogP contribution < -0.4 is 5.76 Å². The van der Waals surface area contributed by atoms with Crippen LogP contribution in [0, 0.1) is 5.82 Å². The summed E-state index contributed by atoms with van der Waals surface area (Å²) in [5.74, 6) is -1.71. The van der Waals surface area contributed by atoms with Crippen molar-refractivity contribution in [2.24, 2.45) is 0 Å². The maximum absolute atomic E-state index is 13.2. The first-order chi connectivity index (χ1) is 11.1. The summed E-state index contributed by atoms with van der Waals surface area (Å²) >= 11 is 5.66. The van der Waals surface area contributed by atoms with Crippen LogP contribution in [0.2, 0.25) is 5.02 Å². The highest BCUT2D eigenvalue weighted by Gasteiger charge is 2.18. The molecule has 3 aromatic rings. The van der Waals surface area contributed by atoms with Crippen LogP contribution in [-0.2, 0) is 6.54 Å². The van der Waals surface area contributed by atoms with E-state index in [1.165, 1.54) is 18.3 Å². The van der Waals surface area contributed by atoms with Gasteiger partial charge in [0.15, 0.2) is 5.78 Å². The first-order valence-electron chi connectivity index (χ1n) is 6.52. The molecule has 0 fully saturated rings. The number of nitrogens with zero attached hydrogens (tertiary/aromatic N) is 3. The lowest BCUT2D eigenvalue weighted by Crippen LogP contribution is -2.21. The van der Waals surface area contributed by atoms with Gasteiger partial charge in [-0.2, -0.15) is 0 Å². The van der Waals surface area contributed by atoms with E-state index in [-0.39, 0.29) is 23.0 Å². The maximum atomic E-state index is 13.2. The average molecular weight is 334 g/mol. The van der Waals surface area contributed by atoms with E-state index in [1.54, 1.807) is 18.2 Å². The molecule has 0 N–H and O–H groups in total. The van der Waals surface area contributed by atoms with Crippen LogP contribution in [0.5, 0.6) is 0 Å². The molecule has 0 spiro atoms. The summed E-state index contributed by atoms with van der Waals surface area (Å²) in [4.78, 5) is 28.1. The third-order valence-corrected chi connectivity index (χ3v) is 3.41. The molecule has 0 saturated carbocycles. The Kier molecular flexibility index (Phi) is 4.03. The van der Waals surface area contributed by atoms with Gasteiger partial charge in [-0.25, -0.2) is 13.8 Å². The van der Waals surface area contributed by atoms with Gasteiger partial charge in [0.1, 0.15) is 11.5 Å². The molecule has 8 heteroatoms. The lowest BCUT2D eigenvalue weighted by molar-refractivity contribution is 0.0969. The van der Waals surface area contributed by atoms with E-state index in [2.05, 4.69) is 14.7 Å². The minimum Gasteiger partial charge on any atom is -0.295 e. The number of rotatable bonds is 4. The fourth-order valence-electron chi connectivity index (χ4n) is 1.99. The summed E-state index contributed by atoms with van der Waals surface area (Å²) < 4.78 is 18.8. The van der Waals surface area contributed by atoms with Crippen molar-refractivity contribution in [3.8, 4) is 11.5 Å². The topological polar surface area (TPSA) is 78.0 Å². The summed E-state index contributed by atoms with van der Waals surface area (Å²) in [5.41, 5.74) is 0.569. The van der Waals surface area contributed by atoms with Crippen LogP contribution in [0.25, 0.3) is 11.5 Å². The van der Waals surface area contributed by atoms with Crippen LogP contribution in [0.1, 0.15) is 10.4 Å². The molecular weight excluding hydrogens is 325 g/mol. The molecule has 116 valence electrons. The molecule has 0 radical (unpaired) electrons. The molecule has 0 aliphatic heterocycles. The molecule has 2 heterocycles. The normalized spacial score (nSPS) is 10.7. The Bertz CT molecular complexity index is 921. The molecule has 0 unspecified atom stereocenters. The molecule has 0 aliphatic carbocycles. The number of pyridine rings is 1. The van der Waals surface area contributed by atoms with Gasteiger partial charge in [0.05, 0.1) is 11.6 Å². The Hall–Kier alpha value is -2.80. The van der Waals surface area contributed by atoms with Gasteiger partial charge in [-0.05, 0) is 30.3 Å². The molecule has 0 amide bonds. The average Bonchev–Trinajstić information content (AvgIpc) is 2.92. The highest BCUT2D eigenvalue weighted by Crippen LogP contribution is 2.18. The summed E-state index contributed by atoms with van der Waals surface area (Å²) in [6.07, 6.45) is 1.53. The second-order valence-corrected chi connectivity index (χ2v) is 5.03. The van der Waals surface area contributed by atoms with Crippen LogP contribution in [0.4, 0.5) is 4.39 Å². The van der Waals surface area contributed by atoms with Gasteiger partial charge in [-0.3, -0.25) is 14.3 Å². The van der Waals surface area contributed by atoms with Crippen LogP contribution in [-0.4, -0.2) is 20.5 Å². The zero-order valence-corrected chi connectivity index (χ0v) is 12.3. The van der Waals surface area contributed by atoms with Crippen molar-refractivity contribution in [3.63, 3.8) is 0 Å². The number of carbonyl (C=O) groups is 1. The molecule has 6 nitrogen and oxygen atoms in total. The van der Waals surface area contributed by atoms with Crippen molar-refractivity contribution in [1.29, 1.82) is 0 Å². The van der Waals surface area contributed by atoms with Crippen molar-refractivity contribution in [2.75, 3.05) is 0 Å². The second-order valence-electron chi connectivity index (χ2n) is 4.63. The Balaban J connectivity index is 1.94. The summed E-state index contributed by atoms with van der Waals surface area (Å²) in [7, 11) is 0. The molecule has 0 aliphatic rings. The van der Waals surface area contributed by atoms with Crippen LogP contribution in [0.15, 0.2) is 51.9 Å². The van der Waals surface area contributed by atoms with Crippen molar-refractivity contribution in [2.45, 2.75) is 6.54 Å². The molecule has 0 bridgehead atoms. The third kappa shape index (κ3) is 3.04. The highest BCUT2D eigenvalue weighted by molar-refractivity contribution is 6.31. The molecule has 3 rings (SSSR count). The lowest BCUT2D eigenvalue weighted by atomic mass is 10.1. The summed E-state index contributed by atoms with van der Waals surface area (Å²) in [6, 6.07) is 8.64. The quantitative estimate of drug-likeness (QED) is 0.686. The maximum Gasteiger partial charge on any atom is 0.442 e. The molecule has 0 atom stereocenters. The van der Waals surface area contributed by atoms with Gasteiger partial charge in [0.25, 0.3) is 0 Å².